The molecule has 0 fully saturated rings. The van der Waals surface area contributed by atoms with E-state index in [4.69, 9.17) is 16.6 Å². The van der Waals surface area contributed by atoms with Crippen molar-refractivity contribution in [1.29, 1.82) is 0 Å². The summed E-state index contributed by atoms with van der Waals surface area (Å²) in [5.74, 6) is 0.595. The van der Waals surface area contributed by atoms with E-state index in [2.05, 4.69) is 18.3 Å². The second-order valence-corrected chi connectivity index (χ2v) is 7.22. The molecule has 3 rings (SSSR count). The van der Waals surface area contributed by atoms with Gasteiger partial charge in [-0.2, -0.15) is 0 Å². The molecule has 21 heavy (non-hydrogen) atoms. The fourth-order valence-electron chi connectivity index (χ4n) is 2.97. The first-order valence-corrected chi connectivity index (χ1v) is 8.89. The van der Waals surface area contributed by atoms with Gasteiger partial charge in [-0.1, -0.05) is 30.7 Å². The summed E-state index contributed by atoms with van der Waals surface area (Å²) in [6, 6.07) is 8.10. The van der Waals surface area contributed by atoms with Crippen molar-refractivity contribution in [3.8, 4) is 0 Å². The van der Waals surface area contributed by atoms with Gasteiger partial charge < -0.3 is 5.32 Å². The van der Waals surface area contributed by atoms with E-state index < -0.39 is 0 Å². The molecule has 1 aliphatic rings. The van der Waals surface area contributed by atoms with Crippen LogP contribution >= 0.6 is 22.9 Å². The number of aryl methyl sites for hydroxylation is 1. The number of hydrogen-bond donors (Lipinski definition) is 1. The largest absolute Gasteiger partial charge is 0.316 e. The number of benzene rings is 1. The van der Waals surface area contributed by atoms with Gasteiger partial charge >= 0.3 is 0 Å². The highest BCUT2D eigenvalue weighted by Crippen LogP contribution is 2.35. The minimum Gasteiger partial charge on any atom is -0.316 e. The Hall–Kier alpha value is -0.900. The van der Waals surface area contributed by atoms with Gasteiger partial charge in [0.25, 0.3) is 0 Å². The van der Waals surface area contributed by atoms with E-state index >= 15 is 0 Å². The molecule has 0 radical (unpaired) electrons. The van der Waals surface area contributed by atoms with Crippen molar-refractivity contribution < 1.29 is 0 Å². The van der Waals surface area contributed by atoms with Crippen molar-refractivity contribution in [3.05, 3.63) is 50.4 Å². The molecule has 1 N–H and O–H groups in total. The quantitative estimate of drug-likeness (QED) is 0.882. The number of rotatable bonds is 5. The number of halogens is 1. The van der Waals surface area contributed by atoms with Crippen LogP contribution in [0.5, 0.6) is 0 Å². The Morgan fingerprint density at radius 1 is 1.43 bits per heavy atom. The highest BCUT2D eigenvalue weighted by molar-refractivity contribution is 7.11. The molecule has 4 heteroatoms. The zero-order valence-corrected chi connectivity index (χ0v) is 13.9. The van der Waals surface area contributed by atoms with Crippen LogP contribution in [-0.2, 0) is 12.8 Å². The maximum absolute atomic E-state index is 6.07. The van der Waals surface area contributed by atoms with Crippen molar-refractivity contribution in [1.82, 2.24) is 10.3 Å². The number of hydrogen-bond acceptors (Lipinski definition) is 3. The van der Waals surface area contributed by atoms with Crippen molar-refractivity contribution in [2.45, 2.75) is 38.5 Å². The standard InChI is InChI=1S/C17H21ClN2S/c1-2-19-11-13-6-4-8-15-17(13)20-16(21-15)10-12-5-3-7-14(18)9-12/h3,5,7,9,13,19H,2,4,6,8,10-11H2,1H3. The van der Waals surface area contributed by atoms with Gasteiger partial charge in [0.15, 0.2) is 0 Å². The Morgan fingerprint density at radius 2 is 2.33 bits per heavy atom. The molecule has 1 aromatic heterocycles. The average molecular weight is 321 g/mol. The molecule has 0 saturated carbocycles. The van der Waals surface area contributed by atoms with Crippen LogP contribution in [-0.4, -0.2) is 18.1 Å². The second kappa shape index (κ2) is 6.91. The molecule has 0 aliphatic heterocycles. The van der Waals surface area contributed by atoms with Gasteiger partial charge in [-0.25, -0.2) is 4.98 Å². The minimum absolute atomic E-state index is 0.595. The summed E-state index contributed by atoms with van der Waals surface area (Å²) in [6.07, 6.45) is 4.65. The van der Waals surface area contributed by atoms with Gasteiger partial charge in [-0.3, -0.25) is 0 Å². The molecule has 0 saturated heterocycles. The number of aromatic nitrogens is 1. The first-order valence-electron chi connectivity index (χ1n) is 7.70. The number of nitrogens with one attached hydrogen (secondary N) is 1. The lowest BCUT2D eigenvalue weighted by atomic mass is 9.91. The predicted octanol–water partition coefficient (Wildman–Crippen LogP) is 4.42. The van der Waals surface area contributed by atoms with Crippen LogP contribution in [0.25, 0.3) is 0 Å². The van der Waals surface area contributed by atoms with Crippen LogP contribution in [0.4, 0.5) is 0 Å². The Morgan fingerprint density at radius 3 is 3.14 bits per heavy atom. The van der Waals surface area contributed by atoms with E-state index in [1.807, 2.05) is 29.5 Å². The minimum atomic E-state index is 0.595. The molecule has 2 aromatic rings. The molecule has 1 aromatic carbocycles. The van der Waals surface area contributed by atoms with Crippen LogP contribution in [0, 0.1) is 0 Å². The van der Waals surface area contributed by atoms with Gasteiger partial charge in [0.05, 0.1) is 10.7 Å². The van der Waals surface area contributed by atoms with Crippen LogP contribution in [0.3, 0.4) is 0 Å². The predicted molar refractivity (Wildman–Crippen MR) is 90.6 cm³/mol. The summed E-state index contributed by atoms with van der Waals surface area (Å²) in [7, 11) is 0. The number of likely N-dealkylation sites (N-methyl/N-ethyl adjacent to an activating group) is 1. The van der Waals surface area contributed by atoms with Crippen LogP contribution in [0.2, 0.25) is 5.02 Å². The first-order chi connectivity index (χ1) is 10.3. The van der Waals surface area contributed by atoms with Crippen LogP contribution in [0.15, 0.2) is 24.3 Å². The van der Waals surface area contributed by atoms with E-state index in [9.17, 15) is 0 Å². The third-order valence-electron chi connectivity index (χ3n) is 4.00. The van der Waals surface area contributed by atoms with E-state index in [0.29, 0.717) is 5.92 Å². The van der Waals surface area contributed by atoms with Crippen molar-refractivity contribution in [2.24, 2.45) is 0 Å². The number of fused-ring (bicyclic) bond motifs is 1. The summed E-state index contributed by atoms with van der Waals surface area (Å²) in [5.41, 5.74) is 2.60. The monoisotopic (exact) mass is 320 g/mol. The second-order valence-electron chi connectivity index (χ2n) is 5.62. The Kier molecular flexibility index (Phi) is 4.94. The molecule has 0 bridgehead atoms. The summed E-state index contributed by atoms with van der Waals surface area (Å²) in [5, 5.41) is 5.50. The lowest BCUT2D eigenvalue weighted by Crippen LogP contribution is -2.24. The molecule has 2 nitrogen and oxygen atoms in total. The molecule has 1 heterocycles. The molecule has 112 valence electrons. The van der Waals surface area contributed by atoms with E-state index in [0.717, 1.165) is 24.5 Å². The lowest BCUT2D eigenvalue weighted by Gasteiger charge is -2.21. The summed E-state index contributed by atoms with van der Waals surface area (Å²) in [4.78, 5) is 6.45. The van der Waals surface area contributed by atoms with Crippen LogP contribution < -0.4 is 5.32 Å². The maximum Gasteiger partial charge on any atom is 0.0975 e. The van der Waals surface area contributed by atoms with Gasteiger partial charge in [0.2, 0.25) is 0 Å². The summed E-state index contributed by atoms with van der Waals surface area (Å²) in [6.45, 7) is 4.25. The maximum atomic E-state index is 6.07. The molecule has 1 aliphatic carbocycles. The molecular formula is C17H21ClN2S. The van der Waals surface area contributed by atoms with Gasteiger partial charge in [0.1, 0.15) is 0 Å². The van der Waals surface area contributed by atoms with Crippen LogP contribution in [0.1, 0.15) is 46.8 Å². The SMILES string of the molecule is CCNCC1CCCc2sc(Cc3cccc(Cl)c3)nc21. The third kappa shape index (κ3) is 3.65. The Bertz CT molecular complexity index is 609. The van der Waals surface area contributed by atoms with Crippen molar-refractivity contribution >= 4 is 22.9 Å². The summed E-state index contributed by atoms with van der Waals surface area (Å²) < 4.78 is 0. The Balaban J connectivity index is 1.78. The van der Waals surface area contributed by atoms with Gasteiger partial charge in [-0.05, 0) is 43.5 Å². The van der Waals surface area contributed by atoms with Gasteiger partial charge in [-0.15, -0.1) is 11.3 Å². The smallest absolute Gasteiger partial charge is 0.0975 e. The number of thiazole rings is 1. The molecule has 1 unspecified atom stereocenters. The highest BCUT2D eigenvalue weighted by atomic mass is 35.5. The molecular weight excluding hydrogens is 300 g/mol. The zero-order valence-electron chi connectivity index (χ0n) is 12.4. The first kappa shape index (κ1) is 15.0. The van der Waals surface area contributed by atoms with E-state index in [-0.39, 0.29) is 0 Å². The Labute approximate surface area is 135 Å². The fraction of sp³-hybridized carbons (Fsp3) is 0.471. The molecule has 0 amide bonds. The molecule has 0 spiro atoms. The van der Waals surface area contributed by atoms with Gasteiger partial charge in [0, 0.05) is 28.8 Å². The number of nitrogens with zero attached hydrogens (tertiary/aromatic N) is 1. The molecule has 1 atom stereocenters. The normalized spacial score (nSPS) is 17.7. The average Bonchev–Trinajstić information content (AvgIpc) is 2.88. The highest BCUT2D eigenvalue weighted by Gasteiger charge is 2.24. The topological polar surface area (TPSA) is 24.9 Å². The van der Waals surface area contributed by atoms with Crippen molar-refractivity contribution in [2.75, 3.05) is 13.1 Å². The zero-order chi connectivity index (χ0) is 14.7. The van der Waals surface area contributed by atoms with E-state index in [1.54, 1.807) is 0 Å². The van der Waals surface area contributed by atoms with E-state index in [1.165, 1.54) is 40.4 Å². The van der Waals surface area contributed by atoms with Crippen molar-refractivity contribution in [3.63, 3.8) is 0 Å². The third-order valence-corrected chi connectivity index (χ3v) is 5.37. The lowest BCUT2D eigenvalue weighted by molar-refractivity contribution is 0.508. The fourth-order valence-corrected chi connectivity index (χ4v) is 4.42. The summed E-state index contributed by atoms with van der Waals surface area (Å²) >= 11 is 7.96.